The molecule has 0 radical (unpaired) electrons. The average Bonchev–Trinajstić information content (AvgIpc) is 2.52. The molecule has 0 amide bonds. The van der Waals surface area contributed by atoms with Crippen molar-refractivity contribution >= 4 is 42.2 Å². The molecule has 8 heteroatoms. The van der Waals surface area contributed by atoms with Crippen LogP contribution in [0.2, 0.25) is 15.1 Å². The van der Waals surface area contributed by atoms with Gasteiger partial charge in [0.2, 0.25) is 7.37 Å². The molecule has 3 N–H and O–H groups in total. The summed E-state index contributed by atoms with van der Waals surface area (Å²) in [6.45, 7) is 0.673. The molecule has 2 aromatic rings. The molecule has 0 aliphatic carbocycles. The molecule has 2 aromatic carbocycles. The number of nitrogens with one attached hydrogen (secondary N) is 1. The first kappa shape index (κ1) is 20.7. The van der Waals surface area contributed by atoms with Crippen LogP contribution in [0.1, 0.15) is 11.1 Å². The number of aliphatic hydroxyl groups is 1. The number of halogens is 3. The van der Waals surface area contributed by atoms with Crippen LogP contribution >= 0.6 is 42.2 Å². The summed E-state index contributed by atoms with van der Waals surface area (Å²) in [4.78, 5) is 10.1. The topological polar surface area (TPSA) is 69.6 Å². The van der Waals surface area contributed by atoms with Crippen LogP contribution in [-0.4, -0.2) is 28.8 Å². The van der Waals surface area contributed by atoms with Gasteiger partial charge in [-0.1, -0.05) is 53.0 Å². The van der Waals surface area contributed by atoms with Crippen LogP contribution in [0, 0.1) is 0 Å². The number of benzene rings is 2. The second-order valence-electron chi connectivity index (χ2n) is 5.85. The summed E-state index contributed by atoms with van der Waals surface area (Å²) >= 11 is 17.6. The molecule has 0 aromatic heterocycles. The van der Waals surface area contributed by atoms with Crippen LogP contribution in [0.4, 0.5) is 0 Å². The molecular weight excluding hydrogens is 404 g/mol. The zero-order chi connectivity index (χ0) is 18.4. The first-order chi connectivity index (χ1) is 11.7. The van der Waals surface area contributed by atoms with E-state index in [9.17, 15) is 14.6 Å². The maximum absolute atomic E-state index is 12.3. The van der Waals surface area contributed by atoms with Crippen LogP contribution < -0.4 is 5.32 Å². The standard InChI is InChI=1S/C17H19Cl3NO3P/c18-14-4-1-12(2-5-14)10-25(23,24)11-15(22)9-21-8-13-3-6-16(19)17(20)7-13/h1-7,15,21-22H,8-11H2,(H,23,24)/t15-/m1/s1. The van der Waals surface area contributed by atoms with Gasteiger partial charge in [0.05, 0.1) is 22.3 Å². The monoisotopic (exact) mass is 421 g/mol. The SMILES string of the molecule is O=P(O)(Cc1ccc(Cl)cc1)C[C@H](O)CNCc1ccc(Cl)c(Cl)c1. The Morgan fingerprint density at radius 2 is 1.64 bits per heavy atom. The fraction of sp³-hybridized carbons (Fsp3) is 0.294. The smallest absolute Gasteiger partial charge is 0.207 e. The van der Waals surface area contributed by atoms with E-state index in [1.807, 2.05) is 6.07 Å². The number of hydrogen-bond donors (Lipinski definition) is 3. The molecule has 1 unspecified atom stereocenters. The van der Waals surface area contributed by atoms with Gasteiger partial charge in [-0.05, 0) is 35.4 Å². The highest BCUT2D eigenvalue weighted by Gasteiger charge is 2.23. The van der Waals surface area contributed by atoms with E-state index in [2.05, 4.69) is 5.32 Å². The number of hydrogen-bond acceptors (Lipinski definition) is 3. The predicted molar refractivity (Wildman–Crippen MR) is 104 cm³/mol. The fourth-order valence-electron chi connectivity index (χ4n) is 2.37. The second kappa shape index (κ2) is 9.38. The Hall–Kier alpha value is -0.580. The van der Waals surface area contributed by atoms with Gasteiger partial charge in [-0.15, -0.1) is 0 Å². The third kappa shape index (κ3) is 7.28. The first-order valence-electron chi connectivity index (χ1n) is 7.63. The number of rotatable bonds is 8. The lowest BCUT2D eigenvalue weighted by atomic mass is 10.2. The molecule has 0 spiro atoms. The minimum Gasteiger partial charge on any atom is -0.391 e. The molecule has 25 heavy (non-hydrogen) atoms. The zero-order valence-corrected chi connectivity index (χ0v) is 16.5. The van der Waals surface area contributed by atoms with Crippen LogP contribution in [0.5, 0.6) is 0 Å². The van der Waals surface area contributed by atoms with Gasteiger partial charge in [-0.25, -0.2) is 0 Å². The lowest BCUT2D eigenvalue weighted by Gasteiger charge is -2.17. The molecule has 0 aliphatic heterocycles. The second-order valence-corrected chi connectivity index (χ2v) is 9.47. The average molecular weight is 423 g/mol. The number of aliphatic hydroxyl groups excluding tert-OH is 1. The zero-order valence-electron chi connectivity index (χ0n) is 13.3. The van der Waals surface area contributed by atoms with Crippen molar-refractivity contribution in [2.45, 2.75) is 18.8 Å². The van der Waals surface area contributed by atoms with Crippen molar-refractivity contribution in [2.24, 2.45) is 0 Å². The molecule has 0 bridgehead atoms. The quantitative estimate of drug-likeness (QED) is 0.545. The molecule has 0 heterocycles. The van der Waals surface area contributed by atoms with Crippen LogP contribution in [0.25, 0.3) is 0 Å². The predicted octanol–water partition coefficient (Wildman–Crippen LogP) is 4.57. The lowest BCUT2D eigenvalue weighted by Crippen LogP contribution is -2.29. The molecule has 2 atom stereocenters. The van der Waals surface area contributed by atoms with Crippen molar-refractivity contribution in [3.05, 3.63) is 68.7 Å². The Morgan fingerprint density at radius 1 is 1.00 bits per heavy atom. The van der Waals surface area contributed by atoms with Gasteiger partial charge in [-0.3, -0.25) is 4.57 Å². The van der Waals surface area contributed by atoms with E-state index < -0.39 is 13.5 Å². The Labute approximate surface area is 162 Å². The minimum absolute atomic E-state index is 0.00796. The van der Waals surface area contributed by atoms with Gasteiger partial charge in [0, 0.05) is 24.3 Å². The summed E-state index contributed by atoms with van der Waals surface area (Å²) < 4.78 is 12.3. The van der Waals surface area contributed by atoms with Gasteiger partial charge in [0.25, 0.3) is 0 Å². The summed E-state index contributed by atoms with van der Waals surface area (Å²) in [5.41, 5.74) is 1.63. The van der Waals surface area contributed by atoms with Crippen LogP contribution in [-0.2, 0) is 17.3 Å². The molecular formula is C17H19Cl3NO3P. The van der Waals surface area contributed by atoms with Crippen molar-refractivity contribution in [2.75, 3.05) is 12.7 Å². The van der Waals surface area contributed by atoms with Crippen molar-refractivity contribution in [3.8, 4) is 0 Å². The lowest BCUT2D eigenvalue weighted by molar-refractivity contribution is 0.190. The van der Waals surface area contributed by atoms with Crippen molar-refractivity contribution in [3.63, 3.8) is 0 Å². The summed E-state index contributed by atoms with van der Waals surface area (Å²) in [6.07, 6.45) is -1.09. The van der Waals surface area contributed by atoms with Crippen molar-refractivity contribution in [1.82, 2.24) is 5.32 Å². The largest absolute Gasteiger partial charge is 0.391 e. The van der Waals surface area contributed by atoms with Gasteiger partial charge in [0.1, 0.15) is 0 Å². The van der Waals surface area contributed by atoms with E-state index >= 15 is 0 Å². The summed E-state index contributed by atoms with van der Waals surface area (Å²) in [5.74, 6) is 0. The molecule has 4 nitrogen and oxygen atoms in total. The van der Waals surface area contributed by atoms with E-state index in [4.69, 9.17) is 34.8 Å². The van der Waals surface area contributed by atoms with E-state index in [-0.39, 0.29) is 18.9 Å². The van der Waals surface area contributed by atoms with Gasteiger partial charge in [0.15, 0.2) is 0 Å². The minimum atomic E-state index is -3.48. The van der Waals surface area contributed by atoms with Crippen molar-refractivity contribution < 1.29 is 14.6 Å². The Morgan fingerprint density at radius 3 is 2.28 bits per heavy atom. The first-order valence-corrected chi connectivity index (χ1v) is 10.8. The highest BCUT2D eigenvalue weighted by molar-refractivity contribution is 7.57. The Balaban J connectivity index is 1.80. The summed E-state index contributed by atoms with van der Waals surface area (Å²) in [5, 5.41) is 14.6. The van der Waals surface area contributed by atoms with Gasteiger partial charge >= 0.3 is 0 Å². The molecule has 0 saturated heterocycles. The highest BCUT2D eigenvalue weighted by atomic mass is 35.5. The highest BCUT2D eigenvalue weighted by Crippen LogP contribution is 2.45. The molecule has 0 fully saturated rings. The molecule has 136 valence electrons. The van der Waals surface area contributed by atoms with E-state index in [0.717, 1.165) is 5.56 Å². The third-order valence-corrected chi connectivity index (χ3v) is 6.37. The van der Waals surface area contributed by atoms with E-state index in [0.29, 0.717) is 27.2 Å². The van der Waals surface area contributed by atoms with Crippen molar-refractivity contribution in [1.29, 1.82) is 0 Å². The maximum atomic E-state index is 12.3. The van der Waals surface area contributed by atoms with Crippen LogP contribution in [0.3, 0.4) is 0 Å². The summed E-state index contributed by atoms with van der Waals surface area (Å²) in [7, 11) is -3.48. The van der Waals surface area contributed by atoms with Crippen LogP contribution in [0.15, 0.2) is 42.5 Å². The molecule has 0 aliphatic rings. The fourth-order valence-corrected chi connectivity index (χ4v) is 4.51. The third-order valence-electron chi connectivity index (χ3n) is 3.53. The maximum Gasteiger partial charge on any atom is 0.207 e. The van der Waals surface area contributed by atoms with Gasteiger partial charge in [-0.2, -0.15) is 0 Å². The summed E-state index contributed by atoms with van der Waals surface area (Å²) in [6, 6.07) is 12.0. The Kier molecular flexibility index (Phi) is 7.78. The Bertz CT molecular complexity index is 755. The normalized spacial score (nSPS) is 14.9. The van der Waals surface area contributed by atoms with E-state index in [1.54, 1.807) is 36.4 Å². The van der Waals surface area contributed by atoms with E-state index in [1.165, 1.54) is 0 Å². The molecule has 2 rings (SSSR count). The van der Waals surface area contributed by atoms with Gasteiger partial charge < -0.3 is 15.3 Å². The molecule has 0 saturated carbocycles.